The Balaban J connectivity index is 2.26. The van der Waals surface area contributed by atoms with Crippen molar-refractivity contribution in [3.63, 3.8) is 0 Å². The molecule has 2 rings (SSSR count). The zero-order valence-corrected chi connectivity index (χ0v) is 12.4. The molecule has 0 fully saturated rings. The Bertz CT molecular complexity index is 536. The van der Waals surface area contributed by atoms with Gasteiger partial charge in [0.2, 0.25) is 0 Å². The number of aromatic nitrogens is 1. The Morgan fingerprint density at radius 3 is 2.84 bits per heavy atom. The number of thiophene rings is 1. The fraction of sp³-hybridized carbons (Fsp3) is 0.400. The molecule has 0 aliphatic rings. The molecular formula is C15H20N2OS. The number of pyridine rings is 1. The second kappa shape index (κ2) is 6.17. The molecular weight excluding hydrogens is 256 g/mol. The van der Waals surface area contributed by atoms with E-state index in [9.17, 15) is 0 Å². The summed E-state index contributed by atoms with van der Waals surface area (Å²) in [7, 11) is 0. The maximum absolute atomic E-state index is 6.35. The standard InChI is InChI=1S/C15H20N2OS/c1-4-11-5-6-19-15(11)14(16)12-7-13(9-17-8-12)18-10(2)3/h5-10,14H,4,16H2,1-3H3. The van der Waals surface area contributed by atoms with Crippen LogP contribution in [0.3, 0.4) is 0 Å². The summed E-state index contributed by atoms with van der Waals surface area (Å²) in [4.78, 5) is 5.44. The highest BCUT2D eigenvalue weighted by Gasteiger charge is 2.15. The van der Waals surface area contributed by atoms with Crippen LogP contribution in [0.1, 0.15) is 42.8 Å². The molecule has 4 heteroatoms. The number of nitrogens with zero attached hydrogens (tertiary/aromatic N) is 1. The van der Waals surface area contributed by atoms with Gasteiger partial charge in [0.05, 0.1) is 18.3 Å². The highest BCUT2D eigenvalue weighted by Crippen LogP contribution is 2.29. The van der Waals surface area contributed by atoms with Gasteiger partial charge in [-0.25, -0.2) is 0 Å². The highest BCUT2D eigenvalue weighted by atomic mass is 32.1. The first-order valence-corrected chi connectivity index (χ1v) is 7.43. The second-order valence-electron chi connectivity index (χ2n) is 4.76. The Labute approximate surface area is 118 Å². The Hall–Kier alpha value is -1.39. The average Bonchev–Trinajstić information content (AvgIpc) is 2.85. The molecule has 0 aliphatic heterocycles. The topological polar surface area (TPSA) is 48.1 Å². The lowest BCUT2D eigenvalue weighted by atomic mass is 10.0. The first-order valence-electron chi connectivity index (χ1n) is 6.55. The number of nitrogens with two attached hydrogens (primary N) is 1. The van der Waals surface area contributed by atoms with E-state index in [1.807, 2.05) is 26.1 Å². The van der Waals surface area contributed by atoms with Crippen molar-refractivity contribution in [3.05, 3.63) is 45.9 Å². The van der Waals surface area contributed by atoms with Crippen LogP contribution in [0.2, 0.25) is 0 Å². The minimum absolute atomic E-state index is 0.127. The molecule has 0 saturated carbocycles. The van der Waals surface area contributed by atoms with E-state index in [1.165, 1.54) is 10.4 Å². The van der Waals surface area contributed by atoms with Gasteiger partial charge in [-0.2, -0.15) is 0 Å². The van der Waals surface area contributed by atoms with Gasteiger partial charge in [0.1, 0.15) is 5.75 Å². The van der Waals surface area contributed by atoms with E-state index in [4.69, 9.17) is 10.5 Å². The largest absolute Gasteiger partial charge is 0.489 e. The SMILES string of the molecule is CCc1ccsc1C(N)c1cncc(OC(C)C)c1. The van der Waals surface area contributed by atoms with Gasteiger partial charge < -0.3 is 10.5 Å². The third-order valence-electron chi connectivity index (χ3n) is 2.91. The van der Waals surface area contributed by atoms with Gasteiger partial charge in [-0.15, -0.1) is 11.3 Å². The van der Waals surface area contributed by atoms with Gasteiger partial charge >= 0.3 is 0 Å². The van der Waals surface area contributed by atoms with Gasteiger partial charge in [0.25, 0.3) is 0 Å². The van der Waals surface area contributed by atoms with Crippen molar-refractivity contribution in [2.24, 2.45) is 5.73 Å². The minimum atomic E-state index is -0.127. The monoisotopic (exact) mass is 276 g/mol. The highest BCUT2D eigenvalue weighted by molar-refractivity contribution is 7.10. The lowest BCUT2D eigenvalue weighted by molar-refractivity contribution is 0.241. The third-order valence-corrected chi connectivity index (χ3v) is 3.95. The predicted octanol–water partition coefficient (Wildman–Crippen LogP) is 3.54. The molecule has 0 amide bonds. The van der Waals surface area contributed by atoms with Crippen LogP contribution in [-0.4, -0.2) is 11.1 Å². The van der Waals surface area contributed by atoms with Crippen LogP contribution in [0.4, 0.5) is 0 Å². The molecule has 0 spiro atoms. The molecule has 1 atom stereocenters. The molecule has 19 heavy (non-hydrogen) atoms. The van der Waals surface area contributed by atoms with Crippen LogP contribution in [-0.2, 0) is 6.42 Å². The Morgan fingerprint density at radius 2 is 2.16 bits per heavy atom. The summed E-state index contributed by atoms with van der Waals surface area (Å²) in [6.45, 7) is 6.15. The maximum Gasteiger partial charge on any atom is 0.138 e. The van der Waals surface area contributed by atoms with E-state index in [0.29, 0.717) is 0 Å². The first kappa shape index (κ1) is 14.0. The number of hydrogen-bond donors (Lipinski definition) is 1. The smallest absolute Gasteiger partial charge is 0.138 e. The van der Waals surface area contributed by atoms with Crippen LogP contribution in [0, 0.1) is 0 Å². The summed E-state index contributed by atoms with van der Waals surface area (Å²) in [6, 6.07) is 4.00. The summed E-state index contributed by atoms with van der Waals surface area (Å²) >= 11 is 1.70. The number of ether oxygens (including phenoxy) is 1. The van der Waals surface area contributed by atoms with Gasteiger partial charge in [0, 0.05) is 11.1 Å². The molecule has 0 aliphatic carbocycles. The summed E-state index contributed by atoms with van der Waals surface area (Å²) in [5, 5.41) is 2.09. The third kappa shape index (κ3) is 3.33. The van der Waals surface area contributed by atoms with E-state index < -0.39 is 0 Å². The normalized spacial score (nSPS) is 12.7. The molecule has 0 saturated heterocycles. The van der Waals surface area contributed by atoms with Crippen molar-refractivity contribution in [1.82, 2.24) is 4.98 Å². The zero-order chi connectivity index (χ0) is 13.8. The molecule has 2 N–H and O–H groups in total. The zero-order valence-electron chi connectivity index (χ0n) is 11.6. The van der Waals surface area contributed by atoms with E-state index >= 15 is 0 Å². The Kier molecular flexibility index (Phi) is 4.56. The molecule has 2 heterocycles. The maximum atomic E-state index is 6.35. The summed E-state index contributed by atoms with van der Waals surface area (Å²) < 4.78 is 5.66. The molecule has 3 nitrogen and oxygen atoms in total. The van der Waals surface area contributed by atoms with Crippen molar-refractivity contribution < 1.29 is 4.74 Å². The van der Waals surface area contributed by atoms with Gasteiger partial charge in [0.15, 0.2) is 0 Å². The van der Waals surface area contributed by atoms with Crippen LogP contribution in [0.25, 0.3) is 0 Å². The average molecular weight is 276 g/mol. The first-order chi connectivity index (χ1) is 9.11. The number of hydrogen-bond acceptors (Lipinski definition) is 4. The fourth-order valence-electron chi connectivity index (χ4n) is 2.01. The molecule has 2 aromatic rings. The summed E-state index contributed by atoms with van der Waals surface area (Å²) in [5.74, 6) is 0.776. The van der Waals surface area contributed by atoms with Crippen LogP contribution in [0.15, 0.2) is 29.9 Å². The quantitative estimate of drug-likeness (QED) is 0.908. The van der Waals surface area contributed by atoms with Gasteiger partial charge in [-0.1, -0.05) is 6.92 Å². The van der Waals surface area contributed by atoms with Crippen LogP contribution in [0.5, 0.6) is 5.75 Å². The van der Waals surface area contributed by atoms with E-state index in [2.05, 4.69) is 23.4 Å². The molecule has 0 bridgehead atoms. The van der Waals surface area contributed by atoms with Crippen molar-refractivity contribution >= 4 is 11.3 Å². The summed E-state index contributed by atoms with van der Waals surface area (Å²) in [5.41, 5.74) is 8.66. The number of rotatable bonds is 5. The van der Waals surface area contributed by atoms with Gasteiger partial charge in [-0.05, 0) is 48.9 Å². The van der Waals surface area contributed by atoms with Crippen molar-refractivity contribution in [2.45, 2.75) is 39.3 Å². The number of aryl methyl sites for hydroxylation is 1. The van der Waals surface area contributed by atoms with E-state index in [-0.39, 0.29) is 12.1 Å². The molecule has 2 aromatic heterocycles. The lowest BCUT2D eigenvalue weighted by Gasteiger charge is -2.15. The van der Waals surface area contributed by atoms with E-state index in [1.54, 1.807) is 17.5 Å². The van der Waals surface area contributed by atoms with Crippen molar-refractivity contribution in [3.8, 4) is 5.75 Å². The molecule has 0 aromatic carbocycles. The second-order valence-corrected chi connectivity index (χ2v) is 5.71. The fourth-order valence-corrected chi connectivity index (χ4v) is 3.03. The minimum Gasteiger partial charge on any atom is -0.489 e. The van der Waals surface area contributed by atoms with E-state index in [0.717, 1.165) is 17.7 Å². The van der Waals surface area contributed by atoms with Crippen molar-refractivity contribution in [2.75, 3.05) is 0 Å². The van der Waals surface area contributed by atoms with Crippen LogP contribution < -0.4 is 10.5 Å². The Morgan fingerprint density at radius 1 is 1.37 bits per heavy atom. The predicted molar refractivity (Wildman–Crippen MR) is 79.7 cm³/mol. The molecule has 0 radical (unpaired) electrons. The van der Waals surface area contributed by atoms with Crippen LogP contribution >= 0.6 is 11.3 Å². The molecule has 102 valence electrons. The summed E-state index contributed by atoms with van der Waals surface area (Å²) in [6.07, 6.45) is 4.69. The molecule has 1 unspecified atom stereocenters. The lowest BCUT2D eigenvalue weighted by Crippen LogP contribution is -2.13. The van der Waals surface area contributed by atoms with Gasteiger partial charge in [-0.3, -0.25) is 4.98 Å². The van der Waals surface area contributed by atoms with Crippen molar-refractivity contribution in [1.29, 1.82) is 0 Å².